The van der Waals surface area contributed by atoms with Gasteiger partial charge in [-0.05, 0) is 45.0 Å². The summed E-state index contributed by atoms with van der Waals surface area (Å²) in [7, 11) is 1.67. The highest BCUT2D eigenvalue weighted by Gasteiger charge is 2.19. The predicted octanol–water partition coefficient (Wildman–Crippen LogP) is 2.70. The monoisotopic (exact) mass is 418 g/mol. The van der Waals surface area contributed by atoms with E-state index in [2.05, 4.69) is 15.6 Å². The van der Waals surface area contributed by atoms with Gasteiger partial charge in [0.1, 0.15) is 10.8 Å². The molecule has 0 aliphatic carbocycles. The molecule has 0 fully saturated rings. The van der Waals surface area contributed by atoms with E-state index < -0.39 is 5.97 Å². The van der Waals surface area contributed by atoms with Crippen molar-refractivity contribution in [3.8, 4) is 0 Å². The third-order valence-corrected chi connectivity index (χ3v) is 5.08. The number of carbonyl (C=O) groups excluding carboxylic acids is 3. The topological polar surface area (TPSA) is 101 Å². The van der Waals surface area contributed by atoms with Gasteiger partial charge in [-0.3, -0.25) is 14.5 Å². The molecule has 0 aliphatic rings. The van der Waals surface area contributed by atoms with Crippen molar-refractivity contribution < 1.29 is 19.1 Å². The van der Waals surface area contributed by atoms with Crippen molar-refractivity contribution in [1.29, 1.82) is 0 Å². The molecule has 0 saturated heterocycles. The molecule has 0 aliphatic heterocycles. The van der Waals surface area contributed by atoms with Crippen LogP contribution in [0.15, 0.2) is 24.4 Å². The quantitative estimate of drug-likeness (QED) is 0.607. The van der Waals surface area contributed by atoms with E-state index in [1.807, 2.05) is 19.9 Å². The van der Waals surface area contributed by atoms with Gasteiger partial charge in [-0.1, -0.05) is 13.0 Å². The number of rotatable bonds is 9. The molecule has 0 saturated carbocycles. The molecule has 156 valence electrons. The summed E-state index contributed by atoms with van der Waals surface area (Å²) >= 11 is 1.35. The Balaban J connectivity index is 1.91. The van der Waals surface area contributed by atoms with Crippen LogP contribution >= 0.6 is 11.3 Å². The fourth-order valence-electron chi connectivity index (χ4n) is 2.51. The van der Waals surface area contributed by atoms with E-state index >= 15 is 0 Å². The van der Waals surface area contributed by atoms with Crippen LogP contribution < -0.4 is 10.6 Å². The van der Waals surface area contributed by atoms with Gasteiger partial charge in [0.05, 0.1) is 25.3 Å². The van der Waals surface area contributed by atoms with Crippen molar-refractivity contribution >= 4 is 39.9 Å². The summed E-state index contributed by atoms with van der Waals surface area (Å²) in [6.07, 6.45) is 2.42. The maximum absolute atomic E-state index is 12.4. The number of nitrogens with zero attached hydrogens (tertiary/aromatic N) is 2. The van der Waals surface area contributed by atoms with Gasteiger partial charge in [-0.15, -0.1) is 11.3 Å². The fraction of sp³-hybridized carbons (Fsp3) is 0.400. The lowest BCUT2D eigenvalue weighted by molar-refractivity contribution is -0.119. The maximum atomic E-state index is 12.4. The summed E-state index contributed by atoms with van der Waals surface area (Å²) < 4.78 is 5.05. The SMILES string of the molecule is CCOC(=O)c1cc(CC)sc1NC(=O)CN(C)CC(=O)Nc1ccc(C)cn1. The van der Waals surface area contributed by atoms with Gasteiger partial charge in [-0.2, -0.15) is 0 Å². The Morgan fingerprint density at radius 1 is 1.14 bits per heavy atom. The number of aryl methyl sites for hydroxylation is 2. The third-order valence-electron chi connectivity index (χ3n) is 3.89. The summed E-state index contributed by atoms with van der Waals surface area (Å²) in [6.45, 7) is 5.90. The van der Waals surface area contributed by atoms with Gasteiger partial charge < -0.3 is 15.4 Å². The number of esters is 1. The minimum atomic E-state index is -0.461. The van der Waals surface area contributed by atoms with Gasteiger partial charge in [0.25, 0.3) is 0 Å². The summed E-state index contributed by atoms with van der Waals surface area (Å²) in [5.41, 5.74) is 1.35. The summed E-state index contributed by atoms with van der Waals surface area (Å²) in [6, 6.07) is 5.31. The van der Waals surface area contributed by atoms with Crippen molar-refractivity contribution in [1.82, 2.24) is 9.88 Å². The minimum absolute atomic E-state index is 0.00360. The average molecular weight is 419 g/mol. The van der Waals surface area contributed by atoms with Crippen LogP contribution in [0.1, 0.15) is 34.6 Å². The van der Waals surface area contributed by atoms with E-state index in [4.69, 9.17) is 4.74 Å². The molecule has 8 nitrogen and oxygen atoms in total. The van der Waals surface area contributed by atoms with Crippen LogP contribution in [0, 0.1) is 6.92 Å². The van der Waals surface area contributed by atoms with E-state index in [0.29, 0.717) is 16.4 Å². The van der Waals surface area contributed by atoms with E-state index in [-0.39, 0.29) is 31.5 Å². The van der Waals surface area contributed by atoms with E-state index in [0.717, 1.165) is 16.9 Å². The molecule has 0 aromatic carbocycles. The van der Waals surface area contributed by atoms with Gasteiger partial charge in [0.15, 0.2) is 0 Å². The van der Waals surface area contributed by atoms with Crippen LogP contribution in [0.5, 0.6) is 0 Å². The number of hydrogen-bond acceptors (Lipinski definition) is 7. The molecule has 0 unspecified atom stereocenters. The second kappa shape index (κ2) is 10.7. The molecule has 2 aromatic rings. The Bertz CT molecular complexity index is 864. The summed E-state index contributed by atoms with van der Waals surface area (Å²) in [5, 5.41) is 5.91. The van der Waals surface area contributed by atoms with E-state index in [9.17, 15) is 14.4 Å². The first kappa shape index (κ1) is 22.5. The number of nitrogens with one attached hydrogen (secondary N) is 2. The number of thiophene rings is 1. The second-order valence-corrected chi connectivity index (χ2v) is 7.66. The number of ether oxygens (including phenoxy) is 1. The van der Waals surface area contributed by atoms with Crippen LogP contribution in [-0.4, -0.2) is 54.4 Å². The molecule has 0 radical (unpaired) electrons. The number of anilines is 2. The first-order valence-electron chi connectivity index (χ1n) is 9.33. The van der Waals surface area contributed by atoms with Crippen LogP contribution in [-0.2, 0) is 20.7 Å². The van der Waals surface area contributed by atoms with Crippen molar-refractivity contribution in [3.63, 3.8) is 0 Å². The number of carbonyl (C=O) groups is 3. The number of pyridine rings is 1. The van der Waals surface area contributed by atoms with Crippen molar-refractivity contribution in [2.75, 3.05) is 37.4 Å². The van der Waals surface area contributed by atoms with Crippen LogP contribution in [0.4, 0.5) is 10.8 Å². The lowest BCUT2D eigenvalue weighted by atomic mass is 10.2. The number of likely N-dealkylation sites (N-methyl/N-ethyl adjacent to an activating group) is 1. The molecule has 0 spiro atoms. The maximum Gasteiger partial charge on any atom is 0.341 e. The second-order valence-electron chi connectivity index (χ2n) is 6.52. The Morgan fingerprint density at radius 3 is 2.41 bits per heavy atom. The highest BCUT2D eigenvalue weighted by Crippen LogP contribution is 2.29. The zero-order chi connectivity index (χ0) is 21.4. The van der Waals surface area contributed by atoms with E-state index in [1.165, 1.54) is 11.3 Å². The molecule has 0 atom stereocenters. The lowest BCUT2D eigenvalue weighted by Gasteiger charge is -2.15. The Kier molecular flexibility index (Phi) is 8.29. The molecule has 29 heavy (non-hydrogen) atoms. The molecular weight excluding hydrogens is 392 g/mol. The zero-order valence-electron chi connectivity index (χ0n) is 17.1. The Morgan fingerprint density at radius 2 is 1.83 bits per heavy atom. The van der Waals surface area contributed by atoms with Crippen LogP contribution in [0.3, 0.4) is 0 Å². The highest BCUT2D eigenvalue weighted by molar-refractivity contribution is 7.16. The van der Waals surface area contributed by atoms with Crippen molar-refractivity contribution in [2.45, 2.75) is 27.2 Å². The van der Waals surface area contributed by atoms with Gasteiger partial charge >= 0.3 is 5.97 Å². The average Bonchev–Trinajstić information content (AvgIpc) is 3.06. The fourth-order valence-corrected chi connectivity index (χ4v) is 3.51. The third kappa shape index (κ3) is 6.95. The van der Waals surface area contributed by atoms with Crippen molar-refractivity contribution in [3.05, 3.63) is 40.4 Å². The largest absolute Gasteiger partial charge is 0.462 e. The van der Waals surface area contributed by atoms with Crippen LogP contribution in [0.25, 0.3) is 0 Å². The molecule has 2 heterocycles. The van der Waals surface area contributed by atoms with Crippen LogP contribution in [0.2, 0.25) is 0 Å². The molecular formula is C20H26N4O4S. The standard InChI is InChI=1S/C20H26N4O4S/c1-5-14-9-15(20(27)28-6-2)19(29-14)23-18(26)12-24(4)11-17(25)22-16-8-7-13(3)10-21-16/h7-10H,5-6,11-12H2,1-4H3,(H,23,26)(H,21,22,25). The molecule has 2 aromatic heterocycles. The van der Waals surface area contributed by atoms with Gasteiger partial charge in [0, 0.05) is 11.1 Å². The summed E-state index contributed by atoms with van der Waals surface area (Å²) in [5.74, 6) is -0.586. The Hall–Kier alpha value is -2.78. The smallest absolute Gasteiger partial charge is 0.341 e. The number of hydrogen-bond donors (Lipinski definition) is 2. The first-order valence-corrected chi connectivity index (χ1v) is 10.1. The predicted molar refractivity (Wildman–Crippen MR) is 113 cm³/mol. The Labute approximate surface area is 174 Å². The molecule has 2 N–H and O–H groups in total. The van der Waals surface area contributed by atoms with E-state index in [1.54, 1.807) is 37.2 Å². The molecule has 0 bridgehead atoms. The van der Waals surface area contributed by atoms with Gasteiger partial charge in [-0.25, -0.2) is 9.78 Å². The number of amides is 2. The number of aromatic nitrogens is 1. The van der Waals surface area contributed by atoms with Crippen molar-refractivity contribution in [2.24, 2.45) is 0 Å². The molecule has 9 heteroatoms. The zero-order valence-corrected chi connectivity index (χ0v) is 17.9. The molecule has 2 rings (SSSR count). The minimum Gasteiger partial charge on any atom is -0.462 e. The highest BCUT2D eigenvalue weighted by atomic mass is 32.1. The summed E-state index contributed by atoms with van der Waals surface area (Å²) in [4.78, 5) is 43.3. The molecule has 2 amide bonds. The lowest BCUT2D eigenvalue weighted by Crippen LogP contribution is -2.36. The normalized spacial score (nSPS) is 10.7. The first-order chi connectivity index (χ1) is 13.8. The van der Waals surface area contributed by atoms with Gasteiger partial charge in [0.2, 0.25) is 11.8 Å².